The molecule has 0 atom stereocenters. The molecule has 0 saturated heterocycles. The molecule has 0 radical (unpaired) electrons. The molecule has 17 heavy (non-hydrogen) atoms. The Balaban J connectivity index is 2.07. The number of phenolic OH excluding ortho intramolecular Hbond substituents is 3. The van der Waals surface area contributed by atoms with Crippen LogP contribution >= 0.6 is 11.8 Å². The Hall–Kier alpha value is -1.81. The van der Waals surface area contributed by atoms with Crippen molar-refractivity contribution in [1.29, 1.82) is 0 Å². The van der Waals surface area contributed by atoms with E-state index in [0.717, 1.165) is 4.90 Å². The predicted octanol–water partition coefficient (Wildman–Crippen LogP) is 3.10. The molecular weight excluding hydrogens is 236 g/mol. The van der Waals surface area contributed by atoms with Gasteiger partial charge in [0.1, 0.15) is 17.2 Å². The van der Waals surface area contributed by atoms with E-state index < -0.39 is 0 Å². The highest BCUT2D eigenvalue weighted by atomic mass is 32.2. The summed E-state index contributed by atoms with van der Waals surface area (Å²) < 4.78 is 0. The lowest BCUT2D eigenvalue weighted by Gasteiger charge is -2.05. The average Bonchev–Trinajstić information content (AvgIpc) is 2.32. The van der Waals surface area contributed by atoms with Gasteiger partial charge in [-0.2, -0.15) is 0 Å². The summed E-state index contributed by atoms with van der Waals surface area (Å²) in [5, 5.41) is 28.1. The minimum atomic E-state index is 0.143. The molecule has 0 aliphatic rings. The van der Waals surface area contributed by atoms with Crippen molar-refractivity contribution in [3.05, 3.63) is 48.0 Å². The fourth-order valence-corrected chi connectivity index (χ4v) is 2.27. The highest BCUT2D eigenvalue weighted by Crippen LogP contribution is 2.30. The SMILES string of the molecule is Oc1ccc(SCc2cc(O)ccc2O)cc1. The maximum absolute atomic E-state index is 9.59. The number of thioether (sulfide) groups is 1. The number of aromatic hydroxyl groups is 3. The number of hydrogen-bond donors (Lipinski definition) is 3. The largest absolute Gasteiger partial charge is 0.508 e. The minimum absolute atomic E-state index is 0.143. The molecule has 0 spiro atoms. The Morgan fingerprint density at radius 1 is 0.824 bits per heavy atom. The van der Waals surface area contributed by atoms with Gasteiger partial charge in [0, 0.05) is 16.2 Å². The van der Waals surface area contributed by atoms with Crippen LogP contribution in [0.4, 0.5) is 0 Å². The lowest BCUT2D eigenvalue weighted by Crippen LogP contribution is -1.82. The van der Waals surface area contributed by atoms with Crippen molar-refractivity contribution in [3.8, 4) is 17.2 Å². The fraction of sp³-hybridized carbons (Fsp3) is 0.0769. The zero-order chi connectivity index (χ0) is 12.3. The molecule has 0 bridgehead atoms. The normalized spacial score (nSPS) is 10.4. The van der Waals surface area contributed by atoms with Crippen LogP contribution < -0.4 is 0 Å². The van der Waals surface area contributed by atoms with E-state index in [1.54, 1.807) is 30.3 Å². The van der Waals surface area contributed by atoms with Gasteiger partial charge in [0.2, 0.25) is 0 Å². The number of phenols is 3. The van der Waals surface area contributed by atoms with Crippen LogP contribution in [0.5, 0.6) is 17.2 Å². The summed E-state index contributed by atoms with van der Waals surface area (Å²) in [4.78, 5) is 0.991. The molecule has 2 aromatic rings. The van der Waals surface area contributed by atoms with Crippen molar-refractivity contribution in [2.24, 2.45) is 0 Å². The maximum Gasteiger partial charge on any atom is 0.119 e. The van der Waals surface area contributed by atoms with E-state index in [2.05, 4.69) is 0 Å². The highest BCUT2D eigenvalue weighted by Gasteiger charge is 2.03. The smallest absolute Gasteiger partial charge is 0.119 e. The van der Waals surface area contributed by atoms with Crippen LogP contribution in [0.25, 0.3) is 0 Å². The van der Waals surface area contributed by atoms with E-state index in [0.29, 0.717) is 11.3 Å². The summed E-state index contributed by atoms with van der Waals surface area (Å²) >= 11 is 1.52. The zero-order valence-electron chi connectivity index (χ0n) is 9.00. The van der Waals surface area contributed by atoms with Gasteiger partial charge in [-0.3, -0.25) is 0 Å². The van der Waals surface area contributed by atoms with Gasteiger partial charge in [-0.05, 0) is 42.5 Å². The summed E-state index contributed by atoms with van der Waals surface area (Å²) in [5.74, 6) is 1.11. The fourth-order valence-electron chi connectivity index (χ4n) is 1.39. The molecule has 0 aromatic heterocycles. The number of rotatable bonds is 3. The summed E-state index contributed by atoms with van der Waals surface area (Å²) in [5.41, 5.74) is 0.683. The quantitative estimate of drug-likeness (QED) is 0.577. The van der Waals surface area contributed by atoms with E-state index in [9.17, 15) is 10.2 Å². The third kappa shape index (κ3) is 3.07. The molecule has 0 saturated carbocycles. The van der Waals surface area contributed by atoms with Crippen LogP contribution in [-0.2, 0) is 5.75 Å². The third-order valence-corrected chi connectivity index (χ3v) is 3.35. The van der Waals surface area contributed by atoms with E-state index >= 15 is 0 Å². The molecule has 2 aromatic carbocycles. The molecule has 0 amide bonds. The Labute approximate surface area is 103 Å². The molecule has 4 heteroatoms. The molecular formula is C13H12O3S. The van der Waals surface area contributed by atoms with Crippen molar-refractivity contribution in [1.82, 2.24) is 0 Å². The van der Waals surface area contributed by atoms with Gasteiger partial charge in [0.05, 0.1) is 0 Å². The maximum atomic E-state index is 9.59. The second-order valence-electron chi connectivity index (χ2n) is 3.60. The lowest BCUT2D eigenvalue weighted by atomic mass is 10.2. The van der Waals surface area contributed by atoms with Crippen molar-refractivity contribution in [3.63, 3.8) is 0 Å². The summed E-state index contributed by atoms with van der Waals surface area (Å²) in [6.07, 6.45) is 0. The standard InChI is InChI=1S/C13H12O3S/c14-10-1-4-12(5-2-10)17-8-9-7-11(15)3-6-13(9)16/h1-7,14-16H,8H2. The minimum Gasteiger partial charge on any atom is -0.508 e. The molecule has 0 aliphatic carbocycles. The Morgan fingerprint density at radius 3 is 2.18 bits per heavy atom. The second kappa shape index (κ2) is 5.01. The highest BCUT2D eigenvalue weighted by molar-refractivity contribution is 7.98. The summed E-state index contributed by atoms with van der Waals surface area (Å²) in [6, 6.07) is 11.3. The topological polar surface area (TPSA) is 60.7 Å². The van der Waals surface area contributed by atoms with Gasteiger partial charge in [-0.25, -0.2) is 0 Å². The van der Waals surface area contributed by atoms with E-state index in [1.807, 2.05) is 0 Å². The Kier molecular flexibility index (Phi) is 3.44. The molecule has 2 rings (SSSR count). The van der Waals surface area contributed by atoms with Gasteiger partial charge in [0.25, 0.3) is 0 Å². The number of benzene rings is 2. The Morgan fingerprint density at radius 2 is 1.47 bits per heavy atom. The molecule has 0 aliphatic heterocycles. The first-order valence-electron chi connectivity index (χ1n) is 5.08. The van der Waals surface area contributed by atoms with E-state index in [4.69, 9.17) is 5.11 Å². The molecule has 0 unspecified atom stereocenters. The second-order valence-corrected chi connectivity index (χ2v) is 4.64. The predicted molar refractivity (Wildman–Crippen MR) is 67.4 cm³/mol. The molecule has 3 N–H and O–H groups in total. The third-order valence-electron chi connectivity index (χ3n) is 2.29. The van der Waals surface area contributed by atoms with Gasteiger partial charge in [-0.1, -0.05) is 0 Å². The summed E-state index contributed by atoms with van der Waals surface area (Å²) in [7, 11) is 0. The van der Waals surface area contributed by atoms with E-state index in [-0.39, 0.29) is 17.2 Å². The molecule has 0 fully saturated rings. The first kappa shape index (κ1) is 11.7. The van der Waals surface area contributed by atoms with Gasteiger partial charge in [0.15, 0.2) is 0 Å². The van der Waals surface area contributed by atoms with E-state index in [1.165, 1.54) is 23.9 Å². The molecule has 0 heterocycles. The van der Waals surface area contributed by atoms with Gasteiger partial charge in [-0.15, -0.1) is 11.8 Å². The van der Waals surface area contributed by atoms with Gasteiger partial charge >= 0.3 is 0 Å². The van der Waals surface area contributed by atoms with Crippen LogP contribution in [0.1, 0.15) is 5.56 Å². The van der Waals surface area contributed by atoms with Crippen LogP contribution in [0.2, 0.25) is 0 Å². The van der Waals surface area contributed by atoms with Crippen molar-refractivity contribution in [2.45, 2.75) is 10.6 Å². The average molecular weight is 248 g/mol. The van der Waals surface area contributed by atoms with Gasteiger partial charge < -0.3 is 15.3 Å². The number of hydrogen-bond acceptors (Lipinski definition) is 4. The van der Waals surface area contributed by atoms with Crippen LogP contribution in [0.15, 0.2) is 47.4 Å². The van der Waals surface area contributed by atoms with Crippen LogP contribution in [0, 0.1) is 0 Å². The first-order chi connectivity index (χ1) is 8.15. The first-order valence-corrected chi connectivity index (χ1v) is 6.06. The lowest BCUT2D eigenvalue weighted by molar-refractivity contribution is 0.456. The monoisotopic (exact) mass is 248 g/mol. The van der Waals surface area contributed by atoms with Crippen LogP contribution in [-0.4, -0.2) is 15.3 Å². The van der Waals surface area contributed by atoms with Crippen molar-refractivity contribution in [2.75, 3.05) is 0 Å². The zero-order valence-corrected chi connectivity index (χ0v) is 9.81. The Bertz CT molecular complexity index is 509. The molecule has 88 valence electrons. The van der Waals surface area contributed by atoms with Crippen molar-refractivity contribution < 1.29 is 15.3 Å². The van der Waals surface area contributed by atoms with Crippen molar-refractivity contribution >= 4 is 11.8 Å². The summed E-state index contributed by atoms with van der Waals surface area (Å²) in [6.45, 7) is 0. The molecule has 3 nitrogen and oxygen atoms in total. The van der Waals surface area contributed by atoms with Crippen LogP contribution in [0.3, 0.4) is 0 Å².